The van der Waals surface area contributed by atoms with Gasteiger partial charge in [-0.3, -0.25) is 20.2 Å². The highest BCUT2D eigenvalue weighted by Crippen LogP contribution is 2.21. The highest BCUT2D eigenvalue weighted by Gasteiger charge is 2.32. The number of rotatable bonds is 5. The van der Waals surface area contributed by atoms with Crippen LogP contribution in [0.25, 0.3) is 0 Å². The quantitative estimate of drug-likeness (QED) is 0.562. The predicted octanol–water partition coefficient (Wildman–Crippen LogP) is 1.71. The van der Waals surface area contributed by atoms with Gasteiger partial charge in [0.15, 0.2) is 0 Å². The highest BCUT2D eigenvalue weighted by molar-refractivity contribution is 5.20. The van der Waals surface area contributed by atoms with Crippen molar-refractivity contribution < 1.29 is 9.85 Å². The molecule has 0 amide bonds. The summed E-state index contributed by atoms with van der Waals surface area (Å²) >= 11 is 0. The van der Waals surface area contributed by atoms with Crippen molar-refractivity contribution in [2.24, 2.45) is 0 Å². The number of benzene rings is 1. The number of nitrogens with zero attached hydrogens (tertiary/aromatic N) is 2. The molecule has 16 heavy (non-hydrogen) atoms. The van der Waals surface area contributed by atoms with E-state index in [-0.39, 0.29) is 0 Å². The van der Waals surface area contributed by atoms with Crippen LogP contribution in [-0.4, -0.2) is 22.4 Å². The molecule has 1 aromatic rings. The van der Waals surface area contributed by atoms with E-state index in [0.717, 1.165) is 0 Å². The van der Waals surface area contributed by atoms with Crippen molar-refractivity contribution in [2.45, 2.75) is 18.9 Å². The Bertz CT molecular complexity index is 380. The van der Waals surface area contributed by atoms with Gasteiger partial charge in [0.2, 0.25) is 12.6 Å². The molecule has 0 fully saturated rings. The molecule has 2 atom stereocenters. The van der Waals surface area contributed by atoms with Gasteiger partial charge >= 0.3 is 0 Å². The summed E-state index contributed by atoms with van der Waals surface area (Å²) in [5, 5.41) is 21.2. The molecule has 0 heterocycles. The van der Waals surface area contributed by atoms with Crippen LogP contribution in [0.1, 0.15) is 18.4 Å². The van der Waals surface area contributed by atoms with Crippen molar-refractivity contribution in [3.05, 3.63) is 56.1 Å². The normalized spacial score (nSPS) is 14.1. The summed E-state index contributed by atoms with van der Waals surface area (Å²) in [4.78, 5) is 20.2. The van der Waals surface area contributed by atoms with Crippen LogP contribution in [0, 0.1) is 20.2 Å². The zero-order chi connectivity index (χ0) is 12.1. The topological polar surface area (TPSA) is 86.3 Å². The molecule has 6 heteroatoms. The third-order valence-electron chi connectivity index (χ3n) is 2.49. The second-order valence-corrected chi connectivity index (χ2v) is 3.56. The van der Waals surface area contributed by atoms with Crippen LogP contribution in [0.5, 0.6) is 0 Å². The van der Waals surface area contributed by atoms with Gasteiger partial charge in [0.05, 0.1) is 0 Å². The first kappa shape index (κ1) is 12.1. The maximum Gasteiger partial charge on any atom is 0.223 e. The van der Waals surface area contributed by atoms with Crippen molar-refractivity contribution in [1.82, 2.24) is 0 Å². The molecular formula is C10H12N2O4. The summed E-state index contributed by atoms with van der Waals surface area (Å²) in [6, 6.07) is 7.59. The fraction of sp³-hybridized carbons (Fsp3) is 0.400. The van der Waals surface area contributed by atoms with E-state index in [2.05, 4.69) is 0 Å². The molecule has 0 aliphatic heterocycles. The Morgan fingerprint density at radius 2 is 1.75 bits per heavy atom. The largest absolute Gasteiger partial charge is 0.265 e. The monoisotopic (exact) mass is 224 g/mol. The highest BCUT2D eigenvalue weighted by atomic mass is 16.6. The van der Waals surface area contributed by atoms with E-state index in [0.29, 0.717) is 5.56 Å². The van der Waals surface area contributed by atoms with Gasteiger partial charge in [-0.25, -0.2) is 0 Å². The Balaban J connectivity index is 2.96. The third kappa shape index (κ3) is 3.01. The number of hydrogen-bond acceptors (Lipinski definition) is 4. The van der Waals surface area contributed by atoms with Crippen LogP contribution in [0.4, 0.5) is 0 Å². The van der Waals surface area contributed by atoms with E-state index < -0.39 is 28.4 Å². The fourth-order valence-corrected chi connectivity index (χ4v) is 1.54. The second kappa shape index (κ2) is 5.20. The van der Waals surface area contributed by atoms with Crippen molar-refractivity contribution >= 4 is 0 Å². The van der Waals surface area contributed by atoms with E-state index in [9.17, 15) is 20.2 Å². The average Bonchev–Trinajstić information content (AvgIpc) is 2.26. The van der Waals surface area contributed by atoms with Gasteiger partial charge in [0.25, 0.3) is 0 Å². The zero-order valence-electron chi connectivity index (χ0n) is 8.78. The lowest BCUT2D eigenvalue weighted by Gasteiger charge is -2.14. The molecule has 0 aliphatic rings. The molecule has 0 radical (unpaired) electrons. The van der Waals surface area contributed by atoms with Crippen LogP contribution in [0.3, 0.4) is 0 Å². The van der Waals surface area contributed by atoms with Crippen molar-refractivity contribution in [3.63, 3.8) is 0 Å². The van der Waals surface area contributed by atoms with Crippen LogP contribution >= 0.6 is 0 Å². The van der Waals surface area contributed by atoms with Gasteiger partial charge in [-0.1, -0.05) is 30.3 Å². The van der Waals surface area contributed by atoms with E-state index in [1.807, 2.05) is 0 Å². The van der Waals surface area contributed by atoms with Gasteiger partial charge in [-0.05, 0) is 5.56 Å². The maximum absolute atomic E-state index is 10.7. The van der Waals surface area contributed by atoms with E-state index >= 15 is 0 Å². The average molecular weight is 224 g/mol. The minimum Gasteiger partial charge on any atom is -0.265 e. The molecule has 0 aromatic heterocycles. The van der Waals surface area contributed by atoms with Gasteiger partial charge in [0, 0.05) is 16.8 Å². The van der Waals surface area contributed by atoms with Gasteiger partial charge in [-0.2, -0.15) is 0 Å². The summed E-state index contributed by atoms with van der Waals surface area (Å²) in [6.45, 7) is 0.966. The molecule has 0 unspecified atom stereocenters. The smallest absolute Gasteiger partial charge is 0.223 e. The summed E-state index contributed by atoms with van der Waals surface area (Å²) in [5.41, 5.74) is 0.628. The van der Waals surface area contributed by atoms with Gasteiger partial charge in [0.1, 0.15) is 5.92 Å². The summed E-state index contributed by atoms with van der Waals surface area (Å²) in [5.74, 6) is -0.689. The molecule has 86 valence electrons. The third-order valence-corrected chi connectivity index (χ3v) is 2.49. The van der Waals surface area contributed by atoms with Crippen LogP contribution < -0.4 is 0 Å². The fourth-order valence-electron chi connectivity index (χ4n) is 1.54. The van der Waals surface area contributed by atoms with Gasteiger partial charge in [-0.15, -0.1) is 0 Å². The Morgan fingerprint density at radius 3 is 2.19 bits per heavy atom. The Hall–Kier alpha value is -1.98. The summed E-state index contributed by atoms with van der Waals surface area (Å²) in [7, 11) is 0. The standard InChI is InChI=1S/C10H12N2O4/c1-8(12(15)16)10(7-11(13)14)9-5-3-2-4-6-9/h2-6,8,10H,7H2,1H3/t8-,10+/m1/s1. The number of hydrogen-bond donors (Lipinski definition) is 0. The zero-order valence-corrected chi connectivity index (χ0v) is 8.78. The first-order chi connectivity index (χ1) is 7.52. The van der Waals surface area contributed by atoms with Crippen LogP contribution in [0.2, 0.25) is 0 Å². The lowest BCUT2D eigenvalue weighted by atomic mass is 9.93. The minimum absolute atomic E-state index is 0.424. The summed E-state index contributed by atoms with van der Waals surface area (Å²) < 4.78 is 0. The molecule has 0 aliphatic carbocycles. The molecule has 0 saturated carbocycles. The molecular weight excluding hydrogens is 212 g/mol. The molecule has 6 nitrogen and oxygen atoms in total. The summed E-state index contributed by atoms with van der Waals surface area (Å²) in [6.07, 6.45) is 0. The molecule has 0 spiro atoms. The molecule has 0 bridgehead atoms. The van der Waals surface area contributed by atoms with Crippen LogP contribution in [-0.2, 0) is 0 Å². The lowest BCUT2D eigenvalue weighted by Crippen LogP contribution is -2.29. The Kier molecular flexibility index (Phi) is 3.93. The first-order valence-corrected chi connectivity index (χ1v) is 4.82. The second-order valence-electron chi connectivity index (χ2n) is 3.56. The number of nitro groups is 2. The lowest BCUT2D eigenvalue weighted by molar-refractivity contribution is -0.543. The van der Waals surface area contributed by atoms with Crippen molar-refractivity contribution in [1.29, 1.82) is 0 Å². The van der Waals surface area contributed by atoms with E-state index in [4.69, 9.17) is 0 Å². The SMILES string of the molecule is C[C@H]([C@H](C[N+](=O)[O-])c1ccccc1)[N+](=O)[O-]. The Labute approximate surface area is 92.2 Å². The van der Waals surface area contributed by atoms with Crippen molar-refractivity contribution in [3.8, 4) is 0 Å². The van der Waals surface area contributed by atoms with E-state index in [1.165, 1.54) is 6.92 Å². The molecule has 0 N–H and O–H groups in total. The van der Waals surface area contributed by atoms with Gasteiger partial charge < -0.3 is 0 Å². The Morgan fingerprint density at radius 1 is 1.19 bits per heavy atom. The maximum atomic E-state index is 10.7. The van der Waals surface area contributed by atoms with Crippen molar-refractivity contribution in [2.75, 3.05) is 6.54 Å². The van der Waals surface area contributed by atoms with Crippen LogP contribution in [0.15, 0.2) is 30.3 Å². The van der Waals surface area contributed by atoms with E-state index in [1.54, 1.807) is 30.3 Å². The molecule has 1 aromatic carbocycles. The predicted molar refractivity (Wildman–Crippen MR) is 57.5 cm³/mol. The molecule has 0 saturated heterocycles. The first-order valence-electron chi connectivity index (χ1n) is 4.82. The minimum atomic E-state index is -0.965. The molecule has 1 rings (SSSR count).